The highest BCUT2D eigenvalue weighted by atomic mass is 16.4. The summed E-state index contributed by atoms with van der Waals surface area (Å²) in [5, 5.41) is 12.4. The number of benzene rings is 1. The summed E-state index contributed by atoms with van der Waals surface area (Å²) in [6.07, 6.45) is 0. The molecule has 1 aromatic rings. The van der Waals surface area contributed by atoms with Crippen molar-refractivity contribution in [3.05, 3.63) is 40.3 Å². The van der Waals surface area contributed by atoms with E-state index in [4.69, 9.17) is 10.6 Å². The minimum absolute atomic E-state index is 0.474. The summed E-state index contributed by atoms with van der Waals surface area (Å²) in [6, 6.07) is 6.50. The Balaban J connectivity index is 3.08. The van der Waals surface area contributed by atoms with E-state index in [1.807, 2.05) is 0 Å². The standard InChI is InChI=1S/C10H11N3O2/c1-10(2,9(14)15)7-3-5-8(6-4-7)12-13-11/h3-6H,1-2H3,(H,14,15). The van der Waals surface area contributed by atoms with Crippen LogP contribution in [0, 0.1) is 0 Å². The molecule has 0 bridgehead atoms. The molecule has 0 heterocycles. The normalized spacial score (nSPS) is 10.5. The van der Waals surface area contributed by atoms with Gasteiger partial charge in [0.1, 0.15) is 0 Å². The van der Waals surface area contributed by atoms with Gasteiger partial charge in [-0.2, -0.15) is 0 Å². The van der Waals surface area contributed by atoms with Crippen molar-refractivity contribution in [3.63, 3.8) is 0 Å². The van der Waals surface area contributed by atoms with Crippen LogP contribution in [-0.4, -0.2) is 11.1 Å². The molecule has 0 saturated carbocycles. The van der Waals surface area contributed by atoms with Crippen LogP contribution < -0.4 is 0 Å². The third-order valence-corrected chi connectivity index (χ3v) is 2.28. The van der Waals surface area contributed by atoms with E-state index >= 15 is 0 Å². The zero-order valence-electron chi connectivity index (χ0n) is 8.51. The minimum atomic E-state index is -0.936. The Kier molecular flexibility index (Phi) is 2.97. The molecule has 0 aliphatic heterocycles. The second kappa shape index (κ2) is 4.02. The monoisotopic (exact) mass is 205 g/mol. The van der Waals surface area contributed by atoms with E-state index in [1.54, 1.807) is 38.1 Å². The molecular weight excluding hydrogens is 194 g/mol. The number of carboxylic acids is 1. The SMILES string of the molecule is CC(C)(C(=O)O)c1ccc(N=[N+]=[N-])cc1. The van der Waals surface area contributed by atoms with Gasteiger partial charge in [0.2, 0.25) is 0 Å². The smallest absolute Gasteiger partial charge is 0.313 e. The molecule has 0 aliphatic carbocycles. The second-order valence-corrected chi connectivity index (χ2v) is 3.67. The van der Waals surface area contributed by atoms with Crippen molar-refractivity contribution in [2.75, 3.05) is 0 Å². The summed E-state index contributed by atoms with van der Waals surface area (Å²) in [4.78, 5) is 13.6. The average molecular weight is 205 g/mol. The van der Waals surface area contributed by atoms with Crippen LogP contribution in [0.25, 0.3) is 10.4 Å². The largest absolute Gasteiger partial charge is 0.481 e. The van der Waals surface area contributed by atoms with Gasteiger partial charge in [0.25, 0.3) is 0 Å². The average Bonchev–Trinajstić information content (AvgIpc) is 2.19. The van der Waals surface area contributed by atoms with Crippen molar-refractivity contribution in [1.29, 1.82) is 0 Å². The van der Waals surface area contributed by atoms with Crippen molar-refractivity contribution in [3.8, 4) is 0 Å². The molecular formula is C10H11N3O2. The fourth-order valence-corrected chi connectivity index (χ4v) is 1.12. The van der Waals surface area contributed by atoms with Gasteiger partial charge >= 0.3 is 5.97 Å². The highest BCUT2D eigenvalue weighted by Crippen LogP contribution is 2.25. The summed E-state index contributed by atoms with van der Waals surface area (Å²) < 4.78 is 0. The van der Waals surface area contributed by atoms with Gasteiger partial charge < -0.3 is 5.11 Å². The number of nitrogens with zero attached hydrogens (tertiary/aromatic N) is 3. The molecule has 15 heavy (non-hydrogen) atoms. The van der Waals surface area contributed by atoms with Gasteiger partial charge in [-0.25, -0.2) is 0 Å². The molecule has 1 aromatic carbocycles. The van der Waals surface area contributed by atoms with Gasteiger partial charge in [-0.3, -0.25) is 4.79 Å². The Morgan fingerprint density at radius 1 is 1.40 bits per heavy atom. The van der Waals surface area contributed by atoms with Crippen molar-refractivity contribution >= 4 is 11.7 Å². The van der Waals surface area contributed by atoms with Crippen molar-refractivity contribution in [1.82, 2.24) is 0 Å². The maximum Gasteiger partial charge on any atom is 0.313 e. The Morgan fingerprint density at radius 3 is 2.33 bits per heavy atom. The van der Waals surface area contributed by atoms with Gasteiger partial charge in [0.05, 0.1) is 5.41 Å². The van der Waals surface area contributed by atoms with Gasteiger partial charge in [-0.05, 0) is 24.9 Å². The van der Waals surface area contributed by atoms with Crippen molar-refractivity contribution in [2.45, 2.75) is 19.3 Å². The zero-order chi connectivity index (χ0) is 11.5. The van der Waals surface area contributed by atoms with E-state index in [9.17, 15) is 4.79 Å². The van der Waals surface area contributed by atoms with Gasteiger partial charge in [-0.15, -0.1) is 0 Å². The lowest BCUT2D eigenvalue weighted by molar-refractivity contribution is -0.142. The molecule has 0 unspecified atom stereocenters. The first-order valence-corrected chi connectivity index (χ1v) is 4.37. The number of carboxylic acid groups (broad SMARTS) is 1. The third-order valence-electron chi connectivity index (χ3n) is 2.28. The third kappa shape index (κ3) is 2.27. The van der Waals surface area contributed by atoms with Crippen LogP contribution >= 0.6 is 0 Å². The van der Waals surface area contributed by atoms with E-state index < -0.39 is 11.4 Å². The summed E-state index contributed by atoms with van der Waals surface area (Å²) >= 11 is 0. The van der Waals surface area contributed by atoms with Crippen molar-refractivity contribution < 1.29 is 9.90 Å². The molecule has 0 aromatic heterocycles. The topological polar surface area (TPSA) is 86.1 Å². The zero-order valence-corrected chi connectivity index (χ0v) is 8.51. The van der Waals surface area contributed by atoms with Gasteiger partial charge in [0, 0.05) is 10.6 Å². The van der Waals surface area contributed by atoms with Crippen LogP contribution in [-0.2, 0) is 10.2 Å². The molecule has 0 radical (unpaired) electrons. The number of carbonyl (C=O) groups is 1. The van der Waals surface area contributed by atoms with Crippen molar-refractivity contribution in [2.24, 2.45) is 5.11 Å². The molecule has 1 rings (SSSR count). The second-order valence-electron chi connectivity index (χ2n) is 3.67. The Morgan fingerprint density at radius 2 is 1.93 bits per heavy atom. The maximum atomic E-state index is 11.0. The molecule has 78 valence electrons. The molecule has 0 atom stereocenters. The maximum absolute atomic E-state index is 11.0. The summed E-state index contributed by atoms with van der Waals surface area (Å²) in [6.45, 7) is 3.25. The molecule has 1 N–H and O–H groups in total. The highest BCUT2D eigenvalue weighted by Gasteiger charge is 2.28. The molecule has 0 aliphatic rings. The van der Waals surface area contributed by atoms with E-state index in [0.717, 1.165) is 0 Å². The highest BCUT2D eigenvalue weighted by molar-refractivity contribution is 5.80. The van der Waals surface area contributed by atoms with E-state index in [2.05, 4.69) is 10.0 Å². The summed E-state index contributed by atoms with van der Waals surface area (Å²) in [5.41, 5.74) is 8.41. The fraction of sp³-hybridized carbons (Fsp3) is 0.300. The Hall–Kier alpha value is -2.00. The lowest BCUT2D eigenvalue weighted by Crippen LogP contribution is -2.28. The van der Waals surface area contributed by atoms with E-state index in [1.165, 1.54) is 0 Å². The van der Waals surface area contributed by atoms with Gasteiger partial charge in [-0.1, -0.05) is 29.4 Å². The number of rotatable bonds is 3. The Bertz CT molecular complexity index is 417. The lowest BCUT2D eigenvalue weighted by Gasteiger charge is -2.19. The number of aliphatic carboxylic acids is 1. The predicted octanol–water partition coefficient (Wildman–Crippen LogP) is 2.99. The molecule has 0 fully saturated rings. The molecule has 0 spiro atoms. The van der Waals surface area contributed by atoms with E-state index in [-0.39, 0.29) is 0 Å². The van der Waals surface area contributed by atoms with E-state index in [0.29, 0.717) is 11.3 Å². The first-order chi connectivity index (χ1) is 6.98. The molecule has 5 nitrogen and oxygen atoms in total. The summed E-state index contributed by atoms with van der Waals surface area (Å²) in [5.74, 6) is -0.890. The van der Waals surface area contributed by atoms with Gasteiger partial charge in [0.15, 0.2) is 0 Å². The van der Waals surface area contributed by atoms with Crippen LogP contribution in [0.2, 0.25) is 0 Å². The predicted molar refractivity (Wildman–Crippen MR) is 55.9 cm³/mol. The van der Waals surface area contributed by atoms with Crippen LogP contribution in [0.3, 0.4) is 0 Å². The quantitative estimate of drug-likeness (QED) is 0.467. The number of azide groups is 1. The van der Waals surface area contributed by atoms with Crippen LogP contribution in [0.4, 0.5) is 5.69 Å². The molecule has 0 amide bonds. The molecule has 0 saturated heterocycles. The number of hydrogen-bond donors (Lipinski definition) is 1. The first kappa shape index (κ1) is 11.1. The van der Waals surface area contributed by atoms with Crippen LogP contribution in [0.5, 0.6) is 0 Å². The Labute approximate surface area is 87.0 Å². The lowest BCUT2D eigenvalue weighted by atomic mass is 9.85. The molecule has 5 heteroatoms. The fourth-order valence-electron chi connectivity index (χ4n) is 1.12. The first-order valence-electron chi connectivity index (χ1n) is 4.37. The minimum Gasteiger partial charge on any atom is -0.481 e. The van der Waals surface area contributed by atoms with Crippen LogP contribution in [0.1, 0.15) is 19.4 Å². The number of hydrogen-bond acceptors (Lipinski definition) is 2. The summed E-state index contributed by atoms with van der Waals surface area (Å²) in [7, 11) is 0. The van der Waals surface area contributed by atoms with Crippen LogP contribution in [0.15, 0.2) is 29.4 Å².